The van der Waals surface area contributed by atoms with Crippen LogP contribution in [-0.4, -0.2) is 51.5 Å². The van der Waals surface area contributed by atoms with E-state index in [0.717, 1.165) is 6.08 Å². The molecule has 2 aromatic rings. The van der Waals surface area contributed by atoms with Gasteiger partial charge in [-0.2, -0.15) is 26.3 Å². The van der Waals surface area contributed by atoms with Gasteiger partial charge in [0.1, 0.15) is 11.3 Å². The first-order chi connectivity index (χ1) is 22.2. The van der Waals surface area contributed by atoms with Crippen molar-refractivity contribution in [3.05, 3.63) is 73.3 Å². The average Bonchev–Trinajstić information content (AvgIpc) is 3.46. The lowest BCUT2D eigenvalue weighted by molar-refractivity contribution is -0.292. The van der Waals surface area contributed by atoms with Gasteiger partial charge in [0.2, 0.25) is 11.5 Å². The van der Waals surface area contributed by atoms with Crippen molar-refractivity contribution in [2.24, 2.45) is 0 Å². The summed E-state index contributed by atoms with van der Waals surface area (Å²) in [4.78, 5) is 41.1. The standard InChI is InChI=1S/C30H34F6N6O6/c1-8-11-13-20(43)39-40-23(44)21-18(29(31,32)33)15-19(37-26(45)48-27(5,6)7)22(38-21)24-41-42-25(47-24)28(14-12-9-2,30(34,35)36)46-16-17(4)10-3/h8-10,15H,1-4,11-14,16H2,5-7H3,(H,37,45)(H,39,43)(H,40,44). The zero-order chi connectivity index (χ0) is 36.5. The minimum Gasteiger partial charge on any atom is -0.444 e. The molecule has 2 rings (SSSR count). The SMILES string of the molecule is C=CCCC(=O)NNC(=O)c1nc(-c2nnc(C(CCC=C)(OCC(=C)C=C)C(F)(F)F)o2)c(NC(=O)OC(C)(C)C)cc1C(F)(F)F. The normalized spacial score (nSPS) is 13.1. The summed E-state index contributed by atoms with van der Waals surface area (Å²) in [7, 11) is 0. The molecule has 0 bridgehead atoms. The molecule has 1 unspecified atom stereocenters. The first-order valence-electron chi connectivity index (χ1n) is 14.0. The lowest BCUT2D eigenvalue weighted by Crippen LogP contribution is -2.45. The van der Waals surface area contributed by atoms with Crippen LogP contribution in [0.2, 0.25) is 0 Å². The number of alkyl halides is 6. The van der Waals surface area contributed by atoms with E-state index in [1.165, 1.54) is 32.9 Å². The van der Waals surface area contributed by atoms with Crippen molar-refractivity contribution < 1.29 is 54.6 Å². The van der Waals surface area contributed by atoms with E-state index in [2.05, 4.69) is 41.5 Å². The van der Waals surface area contributed by atoms with E-state index in [1.54, 1.807) is 5.43 Å². The van der Waals surface area contributed by atoms with Crippen molar-refractivity contribution >= 4 is 23.6 Å². The second-order valence-corrected chi connectivity index (χ2v) is 11.0. The highest BCUT2D eigenvalue weighted by molar-refractivity contribution is 5.98. The number of hydrogen-bond donors (Lipinski definition) is 3. The van der Waals surface area contributed by atoms with Gasteiger partial charge in [0.15, 0.2) is 5.69 Å². The number of hydrogen-bond acceptors (Lipinski definition) is 9. The van der Waals surface area contributed by atoms with E-state index in [0.29, 0.717) is 0 Å². The van der Waals surface area contributed by atoms with Crippen LogP contribution in [0.4, 0.5) is 36.8 Å². The molecule has 18 heteroatoms. The number of rotatable bonds is 14. The van der Waals surface area contributed by atoms with Crippen molar-refractivity contribution in [1.29, 1.82) is 0 Å². The van der Waals surface area contributed by atoms with Gasteiger partial charge in [0, 0.05) is 6.42 Å². The van der Waals surface area contributed by atoms with Crippen LogP contribution in [-0.2, 0) is 26.0 Å². The van der Waals surface area contributed by atoms with E-state index in [4.69, 9.17) is 13.9 Å². The number of aromatic nitrogens is 3. The highest BCUT2D eigenvalue weighted by atomic mass is 19.4. The number of carbonyl (C=O) groups excluding carboxylic acids is 3. The molecular formula is C30H34F6N6O6. The lowest BCUT2D eigenvalue weighted by Gasteiger charge is -2.32. The van der Waals surface area contributed by atoms with Crippen LogP contribution in [0.1, 0.15) is 68.4 Å². The maximum atomic E-state index is 14.7. The molecule has 0 radical (unpaired) electrons. The topological polar surface area (TPSA) is 158 Å². The summed E-state index contributed by atoms with van der Waals surface area (Å²) in [5.74, 6) is -4.51. The number of anilines is 1. The Morgan fingerprint density at radius 2 is 1.62 bits per heavy atom. The molecule has 2 heterocycles. The third-order valence-corrected chi connectivity index (χ3v) is 5.99. The third kappa shape index (κ3) is 10.2. The summed E-state index contributed by atoms with van der Waals surface area (Å²) < 4.78 is 102. The molecule has 262 valence electrons. The van der Waals surface area contributed by atoms with Gasteiger partial charge in [0.05, 0.1) is 17.9 Å². The van der Waals surface area contributed by atoms with Crippen LogP contribution in [0.5, 0.6) is 0 Å². The minimum absolute atomic E-state index is 0.0578. The number of pyridine rings is 1. The highest BCUT2D eigenvalue weighted by Crippen LogP contribution is 2.46. The number of halogens is 6. The molecule has 0 fully saturated rings. The fourth-order valence-electron chi connectivity index (χ4n) is 3.70. The maximum absolute atomic E-state index is 14.7. The fraction of sp³-hybridized carbons (Fsp3) is 0.400. The van der Waals surface area contributed by atoms with Gasteiger partial charge < -0.3 is 13.9 Å². The molecule has 0 saturated carbocycles. The molecule has 0 spiro atoms. The first-order valence-corrected chi connectivity index (χ1v) is 14.0. The molecule has 1 atom stereocenters. The summed E-state index contributed by atoms with van der Waals surface area (Å²) in [5.41, 5.74) is -5.43. The van der Waals surface area contributed by atoms with Crippen LogP contribution in [0.3, 0.4) is 0 Å². The lowest BCUT2D eigenvalue weighted by atomic mass is 9.96. The van der Waals surface area contributed by atoms with Crippen molar-refractivity contribution in [2.45, 2.75) is 70.0 Å². The average molecular weight is 689 g/mol. The summed E-state index contributed by atoms with van der Waals surface area (Å²) >= 11 is 0. The fourth-order valence-corrected chi connectivity index (χ4v) is 3.70. The Morgan fingerprint density at radius 3 is 2.17 bits per heavy atom. The summed E-state index contributed by atoms with van der Waals surface area (Å²) in [6.45, 7) is 17.5. The molecule has 0 saturated heterocycles. The number of hydrazine groups is 1. The molecule has 48 heavy (non-hydrogen) atoms. The van der Waals surface area contributed by atoms with E-state index in [1.807, 2.05) is 10.7 Å². The van der Waals surface area contributed by atoms with Crippen LogP contribution in [0.15, 0.2) is 60.6 Å². The third-order valence-electron chi connectivity index (χ3n) is 5.99. The molecular weight excluding hydrogens is 654 g/mol. The van der Waals surface area contributed by atoms with Gasteiger partial charge in [0.25, 0.3) is 17.7 Å². The van der Waals surface area contributed by atoms with Gasteiger partial charge in [-0.15, -0.1) is 23.4 Å². The molecule has 3 N–H and O–H groups in total. The molecule has 2 aromatic heterocycles. The second-order valence-electron chi connectivity index (χ2n) is 11.0. The Bertz CT molecular complexity index is 1550. The predicted molar refractivity (Wildman–Crippen MR) is 160 cm³/mol. The quantitative estimate of drug-likeness (QED) is 0.0850. The van der Waals surface area contributed by atoms with E-state index < -0.39 is 88.9 Å². The van der Waals surface area contributed by atoms with Crippen molar-refractivity contribution in [1.82, 2.24) is 26.0 Å². The number of allylic oxidation sites excluding steroid dienone is 2. The number of carbonyl (C=O) groups is 3. The Labute approximate surface area is 271 Å². The van der Waals surface area contributed by atoms with Gasteiger partial charge >= 0.3 is 18.4 Å². The Morgan fingerprint density at radius 1 is 0.979 bits per heavy atom. The molecule has 0 aliphatic rings. The van der Waals surface area contributed by atoms with Crippen LogP contribution in [0.25, 0.3) is 11.6 Å². The van der Waals surface area contributed by atoms with Crippen molar-refractivity contribution in [3.8, 4) is 11.6 Å². The molecule has 0 aliphatic carbocycles. The van der Waals surface area contributed by atoms with Crippen molar-refractivity contribution in [3.63, 3.8) is 0 Å². The molecule has 0 aliphatic heterocycles. The zero-order valence-electron chi connectivity index (χ0n) is 26.2. The largest absolute Gasteiger partial charge is 0.444 e. The van der Waals surface area contributed by atoms with Crippen molar-refractivity contribution in [2.75, 3.05) is 11.9 Å². The van der Waals surface area contributed by atoms with E-state index in [9.17, 15) is 40.7 Å². The van der Waals surface area contributed by atoms with Gasteiger partial charge in [-0.25, -0.2) is 9.78 Å². The summed E-state index contributed by atoms with van der Waals surface area (Å²) in [6, 6.07) is 0.268. The first kappa shape index (κ1) is 39.2. The predicted octanol–water partition coefficient (Wildman–Crippen LogP) is 6.71. The van der Waals surface area contributed by atoms with Gasteiger partial charge in [-0.3, -0.25) is 25.8 Å². The van der Waals surface area contributed by atoms with Crippen LogP contribution >= 0.6 is 0 Å². The minimum atomic E-state index is -5.28. The molecule has 3 amide bonds. The molecule has 12 nitrogen and oxygen atoms in total. The summed E-state index contributed by atoms with van der Waals surface area (Å²) in [6.07, 6.45) is -9.17. The van der Waals surface area contributed by atoms with Crippen LogP contribution < -0.4 is 16.2 Å². The number of ether oxygens (including phenoxy) is 2. The van der Waals surface area contributed by atoms with Crippen LogP contribution in [0, 0.1) is 0 Å². The smallest absolute Gasteiger partial charge is 0.426 e. The second kappa shape index (κ2) is 15.7. The van der Waals surface area contributed by atoms with Gasteiger partial charge in [-0.1, -0.05) is 31.4 Å². The maximum Gasteiger partial charge on any atom is 0.426 e. The Hall–Kier alpha value is -5.00. The van der Waals surface area contributed by atoms with E-state index in [-0.39, 0.29) is 30.9 Å². The highest BCUT2D eigenvalue weighted by Gasteiger charge is 2.61. The number of nitrogens with one attached hydrogen (secondary N) is 3. The zero-order valence-corrected chi connectivity index (χ0v) is 26.2. The Balaban J connectivity index is 2.83. The monoisotopic (exact) mass is 688 g/mol. The van der Waals surface area contributed by atoms with E-state index >= 15 is 0 Å². The molecule has 0 aromatic carbocycles. The van der Waals surface area contributed by atoms with Gasteiger partial charge in [-0.05, 0) is 51.7 Å². The number of nitrogens with zero attached hydrogens (tertiary/aromatic N) is 3. The number of amides is 3. The summed E-state index contributed by atoms with van der Waals surface area (Å²) in [5, 5.41) is 9.06. The Kier molecular flexibility index (Phi) is 12.8.